The van der Waals surface area contributed by atoms with Crippen LogP contribution in [-0.2, 0) is 23.8 Å². The summed E-state index contributed by atoms with van der Waals surface area (Å²) in [6.07, 6.45) is 2.16. The summed E-state index contributed by atoms with van der Waals surface area (Å²) in [5, 5.41) is 0. The number of hydrogen-bond acceptors (Lipinski definition) is 6. The number of rotatable bonds is 2. The highest BCUT2D eigenvalue weighted by atomic mass is 16.6. The first-order valence-electron chi connectivity index (χ1n) is 7.58. The number of esters is 2. The number of carbonyl (C=O) groups is 3. The van der Waals surface area contributed by atoms with Crippen molar-refractivity contribution in [2.24, 2.45) is 5.92 Å². The summed E-state index contributed by atoms with van der Waals surface area (Å²) in [6, 6.07) is -0.684. The van der Waals surface area contributed by atoms with Crippen molar-refractivity contribution in [1.29, 1.82) is 0 Å². The minimum atomic E-state index is -0.648. The fourth-order valence-corrected chi connectivity index (χ4v) is 3.30. The van der Waals surface area contributed by atoms with Crippen LogP contribution in [0.4, 0.5) is 4.79 Å². The van der Waals surface area contributed by atoms with Gasteiger partial charge in [-0.3, -0.25) is 9.69 Å². The number of nitrogens with zero attached hydrogens (tertiary/aromatic N) is 1. The summed E-state index contributed by atoms with van der Waals surface area (Å²) < 4.78 is 14.9. The molecular weight excluding hydrogens is 302 g/mol. The molecule has 0 aromatic heterocycles. The van der Waals surface area contributed by atoms with Gasteiger partial charge in [-0.1, -0.05) is 0 Å². The van der Waals surface area contributed by atoms with Gasteiger partial charge in [0.05, 0.1) is 26.3 Å². The van der Waals surface area contributed by atoms with Crippen LogP contribution in [0, 0.1) is 5.92 Å². The molecule has 0 aliphatic carbocycles. The van der Waals surface area contributed by atoms with Crippen LogP contribution in [-0.4, -0.2) is 54.8 Å². The second kappa shape index (κ2) is 6.22. The van der Waals surface area contributed by atoms with E-state index in [2.05, 4.69) is 4.74 Å². The zero-order chi connectivity index (χ0) is 17.4. The number of ether oxygens (including phenoxy) is 3. The van der Waals surface area contributed by atoms with Crippen molar-refractivity contribution in [2.75, 3.05) is 14.2 Å². The lowest BCUT2D eigenvalue weighted by atomic mass is 9.84. The minimum absolute atomic E-state index is 0.335. The van der Waals surface area contributed by atoms with Crippen LogP contribution in [0.25, 0.3) is 0 Å². The van der Waals surface area contributed by atoms with Crippen molar-refractivity contribution >= 4 is 18.0 Å². The number of methoxy groups -OCH3 is 2. The van der Waals surface area contributed by atoms with Gasteiger partial charge in [-0.25, -0.2) is 9.59 Å². The van der Waals surface area contributed by atoms with Gasteiger partial charge in [-0.2, -0.15) is 0 Å². The molecule has 2 aliphatic rings. The summed E-state index contributed by atoms with van der Waals surface area (Å²) in [7, 11) is 2.56. The summed E-state index contributed by atoms with van der Waals surface area (Å²) >= 11 is 0. The monoisotopic (exact) mass is 325 g/mol. The molecule has 2 fully saturated rings. The number of carbonyl (C=O) groups excluding carboxylic acids is 3. The molecule has 0 unspecified atom stereocenters. The van der Waals surface area contributed by atoms with Crippen molar-refractivity contribution in [3.05, 3.63) is 11.6 Å². The Labute approximate surface area is 135 Å². The van der Waals surface area contributed by atoms with Gasteiger partial charge in [0.15, 0.2) is 0 Å². The van der Waals surface area contributed by atoms with Gasteiger partial charge in [0.1, 0.15) is 11.5 Å². The van der Waals surface area contributed by atoms with Gasteiger partial charge in [0.2, 0.25) is 0 Å². The molecule has 2 heterocycles. The lowest BCUT2D eigenvalue weighted by molar-refractivity contribution is -0.144. The van der Waals surface area contributed by atoms with E-state index in [4.69, 9.17) is 9.47 Å². The normalized spacial score (nSPS) is 28.0. The Morgan fingerprint density at radius 2 is 1.78 bits per heavy atom. The van der Waals surface area contributed by atoms with E-state index in [1.54, 1.807) is 25.7 Å². The molecule has 7 nitrogen and oxygen atoms in total. The molecule has 2 bridgehead atoms. The highest BCUT2D eigenvalue weighted by molar-refractivity contribution is 5.88. The second-order valence-corrected chi connectivity index (χ2v) is 6.72. The summed E-state index contributed by atoms with van der Waals surface area (Å²) in [4.78, 5) is 37.8. The Hall–Kier alpha value is -2.05. The van der Waals surface area contributed by atoms with Gasteiger partial charge in [-0.15, -0.1) is 0 Å². The predicted molar refractivity (Wildman–Crippen MR) is 80.5 cm³/mol. The van der Waals surface area contributed by atoms with E-state index >= 15 is 0 Å². The Bertz CT molecular complexity index is 547. The molecule has 0 spiro atoms. The average Bonchev–Trinajstić information content (AvgIpc) is 3.00. The zero-order valence-electron chi connectivity index (χ0n) is 14.1. The zero-order valence-corrected chi connectivity index (χ0v) is 14.1. The van der Waals surface area contributed by atoms with Crippen molar-refractivity contribution in [3.63, 3.8) is 0 Å². The van der Waals surface area contributed by atoms with E-state index in [1.807, 2.05) is 0 Å². The number of amides is 1. The van der Waals surface area contributed by atoms with Gasteiger partial charge < -0.3 is 14.2 Å². The first kappa shape index (κ1) is 17.3. The summed E-state index contributed by atoms with van der Waals surface area (Å²) in [5.74, 6) is -1.66. The maximum atomic E-state index is 12.5. The third kappa shape index (κ3) is 3.33. The molecule has 0 saturated carbocycles. The fraction of sp³-hybridized carbons (Fsp3) is 0.688. The van der Waals surface area contributed by atoms with Crippen LogP contribution < -0.4 is 0 Å². The maximum Gasteiger partial charge on any atom is 0.411 e. The van der Waals surface area contributed by atoms with Crippen LogP contribution in [0.2, 0.25) is 0 Å². The highest BCUT2D eigenvalue weighted by Crippen LogP contribution is 2.46. The first-order chi connectivity index (χ1) is 10.7. The van der Waals surface area contributed by atoms with Crippen molar-refractivity contribution < 1.29 is 28.6 Å². The molecule has 2 saturated heterocycles. The lowest BCUT2D eigenvalue weighted by Crippen LogP contribution is -2.41. The summed E-state index contributed by atoms with van der Waals surface area (Å²) in [5.41, 5.74) is -0.0719. The first-order valence-corrected chi connectivity index (χ1v) is 7.58. The van der Waals surface area contributed by atoms with E-state index in [-0.39, 0.29) is 12.1 Å². The van der Waals surface area contributed by atoms with Crippen molar-refractivity contribution in [1.82, 2.24) is 4.90 Å². The standard InChI is InChI=1S/C16H23NO6/c1-16(2,3)23-15(20)17-10-6-7-11(17)13(14(19)22-5)9(10)8-12(18)21-4/h8,10-11,13H,6-7H2,1-5H3/b9-8-/t10-,11+,13-/m0/s1. The minimum Gasteiger partial charge on any atom is -0.468 e. The van der Waals surface area contributed by atoms with Gasteiger partial charge in [-0.05, 0) is 39.2 Å². The third-order valence-corrected chi connectivity index (χ3v) is 4.10. The largest absolute Gasteiger partial charge is 0.468 e. The highest BCUT2D eigenvalue weighted by Gasteiger charge is 2.56. The molecule has 0 N–H and O–H groups in total. The van der Waals surface area contributed by atoms with E-state index in [1.165, 1.54) is 20.3 Å². The van der Waals surface area contributed by atoms with E-state index < -0.39 is 29.6 Å². The second-order valence-electron chi connectivity index (χ2n) is 6.72. The molecule has 23 heavy (non-hydrogen) atoms. The molecule has 0 aromatic rings. The van der Waals surface area contributed by atoms with Crippen LogP contribution in [0.3, 0.4) is 0 Å². The molecule has 128 valence electrons. The fourth-order valence-electron chi connectivity index (χ4n) is 3.30. The Morgan fingerprint density at radius 3 is 2.30 bits per heavy atom. The number of hydrogen-bond donors (Lipinski definition) is 0. The maximum absolute atomic E-state index is 12.5. The van der Waals surface area contributed by atoms with Gasteiger partial charge in [0.25, 0.3) is 0 Å². The molecular formula is C16H23NO6. The predicted octanol–water partition coefficient (Wildman–Crippen LogP) is 1.66. The smallest absolute Gasteiger partial charge is 0.411 e. The molecule has 7 heteroatoms. The Kier molecular flexibility index (Phi) is 4.68. The molecule has 0 aromatic carbocycles. The van der Waals surface area contributed by atoms with Crippen molar-refractivity contribution in [3.8, 4) is 0 Å². The van der Waals surface area contributed by atoms with Crippen LogP contribution in [0.1, 0.15) is 33.6 Å². The van der Waals surface area contributed by atoms with Crippen LogP contribution in [0.5, 0.6) is 0 Å². The van der Waals surface area contributed by atoms with Crippen molar-refractivity contribution in [2.45, 2.75) is 51.3 Å². The van der Waals surface area contributed by atoms with Gasteiger partial charge in [0, 0.05) is 6.08 Å². The SMILES string of the molecule is COC(=O)/C=C1\[C@H](C(=O)OC)[C@H]2CC[C@@H]1N2C(=O)OC(C)(C)C. The molecule has 2 aliphatic heterocycles. The topological polar surface area (TPSA) is 82.1 Å². The van der Waals surface area contributed by atoms with E-state index in [9.17, 15) is 14.4 Å². The Balaban J connectivity index is 2.34. The van der Waals surface area contributed by atoms with E-state index in [0.717, 1.165) is 0 Å². The molecule has 0 radical (unpaired) electrons. The van der Waals surface area contributed by atoms with Gasteiger partial charge >= 0.3 is 18.0 Å². The Morgan fingerprint density at radius 1 is 1.13 bits per heavy atom. The third-order valence-electron chi connectivity index (χ3n) is 4.10. The van der Waals surface area contributed by atoms with Crippen LogP contribution in [0.15, 0.2) is 11.6 Å². The summed E-state index contributed by atoms with van der Waals surface area (Å²) in [6.45, 7) is 5.35. The quantitative estimate of drug-likeness (QED) is 0.436. The lowest BCUT2D eigenvalue weighted by Gasteiger charge is -2.27. The molecule has 3 atom stereocenters. The average molecular weight is 325 g/mol. The molecule has 2 rings (SSSR count). The molecule has 1 amide bonds. The number of fused-ring (bicyclic) bond motifs is 2. The van der Waals surface area contributed by atoms with E-state index in [0.29, 0.717) is 18.4 Å². The van der Waals surface area contributed by atoms with Crippen LogP contribution >= 0.6 is 0 Å².